The first-order valence-corrected chi connectivity index (χ1v) is 5.99. The van der Waals surface area contributed by atoms with Gasteiger partial charge in [-0.05, 0) is 46.8 Å². The summed E-state index contributed by atoms with van der Waals surface area (Å²) >= 11 is 3.25. The van der Waals surface area contributed by atoms with Crippen LogP contribution in [0.25, 0.3) is 0 Å². The minimum atomic E-state index is 0.0593. The Labute approximate surface area is 97.2 Å². The van der Waals surface area contributed by atoms with Crippen molar-refractivity contribution in [3.05, 3.63) is 33.2 Å². The van der Waals surface area contributed by atoms with Gasteiger partial charge in [0.05, 0.1) is 4.47 Å². The summed E-state index contributed by atoms with van der Waals surface area (Å²) in [5.41, 5.74) is 0.0593. The summed E-state index contributed by atoms with van der Waals surface area (Å²) < 4.78 is 7.71. The van der Waals surface area contributed by atoms with E-state index in [1.807, 2.05) is 12.3 Å². The fourth-order valence-electron chi connectivity index (χ4n) is 1.86. The molecule has 0 spiro atoms. The third-order valence-corrected chi connectivity index (χ3v) is 3.37. The van der Waals surface area contributed by atoms with Gasteiger partial charge in [0.2, 0.25) is 0 Å². The lowest BCUT2D eigenvalue weighted by atomic mass is 10.0. The first-order chi connectivity index (χ1) is 7.27. The molecule has 1 aliphatic rings. The van der Waals surface area contributed by atoms with Crippen molar-refractivity contribution in [3.8, 4) is 0 Å². The molecule has 1 aromatic heterocycles. The maximum Gasteiger partial charge on any atom is 0.264 e. The van der Waals surface area contributed by atoms with Crippen LogP contribution in [-0.2, 0) is 11.3 Å². The van der Waals surface area contributed by atoms with Crippen LogP contribution < -0.4 is 5.56 Å². The van der Waals surface area contributed by atoms with Crippen molar-refractivity contribution < 1.29 is 4.74 Å². The third-order valence-electron chi connectivity index (χ3n) is 2.77. The van der Waals surface area contributed by atoms with Crippen molar-refractivity contribution in [1.29, 1.82) is 0 Å². The van der Waals surface area contributed by atoms with Crippen LogP contribution in [-0.4, -0.2) is 17.8 Å². The lowest BCUT2D eigenvalue weighted by Gasteiger charge is -2.22. The average molecular weight is 272 g/mol. The van der Waals surface area contributed by atoms with Gasteiger partial charge in [0.25, 0.3) is 5.56 Å². The number of rotatable bonds is 2. The predicted octanol–water partition coefficient (Wildman–Crippen LogP) is 2.04. The number of nitrogens with zero attached hydrogens (tertiary/aromatic N) is 1. The van der Waals surface area contributed by atoms with Crippen LogP contribution in [0.15, 0.2) is 27.6 Å². The molecule has 0 amide bonds. The summed E-state index contributed by atoms with van der Waals surface area (Å²) in [6.45, 7) is 2.46. The second-order valence-corrected chi connectivity index (χ2v) is 4.72. The summed E-state index contributed by atoms with van der Waals surface area (Å²) in [5, 5.41) is 0. The summed E-state index contributed by atoms with van der Waals surface area (Å²) in [6.07, 6.45) is 3.96. The molecule has 1 saturated heterocycles. The molecule has 0 saturated carbocycles. The zero-order chi connectivity index (χ0) is 10.7. The molecule has 2 rings (SSSR count). The molecule has 0 aliphatic carbocycles. The molecule has 4 heteroatoms. The molecule has 82 valence electrons. The largest absolute Gasteiger partial charge is 0.381 e. The molecule has 15 heavy (non-hydrogen) atoms. The molecule has 2 heterocycles. The Morgan fingerprint density at radius 1 is 1.47 bits per heavy atom. The third kappa shape index (κ3) is 2.69. The van der Waals surface area contributed by atoms with E-state index in [1.54, 1.807) is 10.6 Å². The van der Waals surface area contributed by atoms with E-state index in [0.717, 1.165) is 32.6 Å². The quantitative estimate of drug-likeness (QED) is 0.825. The van der Waals surface area contributed by atoms with Gasteiger partial charge in [-0.25, -0.2) is 0 Å². The van der Waals surface area contributed by atoms with Crippen molar-refractivity contribution in [1.82, 2.24) is 4.57 Å². The SMILES string of the molecule is O=c1c(Br)cccn1CC1CCOCC1. The summed E-state index contributed by atoms with van der Waals surface area (Å²) in [5.74, 6) is 0.575. The minimum absolute atomic E-state index is 0.0593. The molecule has 0 aromatic carbocycles. The van der Waals surface area contributed by atoms with E-state index in [9.17, 15) is 4.79 Å². The Kier molecular flexibility index (Phi) is 3.59. The standard InChI is InChI=1S/C11H14BrNO2/c12-10-2-1-5-13(11(10)14)8-9-3-6-15-7-4-9/h1-2,5,9H,3-4,6-8H2. The van der Waals surface area contributed by atoms with E-state index in [2.05, 4.69) is 15.9 Å². The zero-order valence-corrected chi connectivity index (χ0v) is 10.1. The highest BCUT2D eigenvalue weighted by Gasteiger charge is 2.14. The van der Waals surface area contributed by atoms with Crippen molar-refractivity contribution in [2.45, 2.75) is 19.4 Å². The number of pyridine rings is 1. The van der Waals surface area contributed by atoms with Gasteiger partial charge < -0.3 is 9.30 Å². The maximum atomic E-state index is 11.7. The van der Waals surface area contributed by atoms with E-state index in [4.69, 9.17) is 4.74 Å². The van der Waals surface area contributed by atoms with Crippen molar-refractivity contribution >= 4 is 15.9 Å². The highest BCUT2D eigenvalue weighted by Crippen LogP contribution is 2.16. The molecule has 0 N–H and O–H groups in total. The summed E-state index contributed by atoms with van der Waals surface area (Å²) in [6, 6.07) is 3.67. The maximum absolute atomic E-state index is 11.7. The van der Waals surface area contributed by atoms with Gasteiger partial charge in [-0.1, -0.05) is 0 Å². The Morgan fingerprint density at radius 3 is 2.93 bits per heavy atom. The minimum Gasteiger partial charge on any atom is -0.381 e. The highest BCUT2D eigenvalue weighted by molar-refractivity contribution is 9.10. The van der Waals surface area contributed by atoms with Crippen molar-refractivity contribution in [2.75, 3.05) is 13.2 Å². The number of aromatic nitrogens is 1. The molecular weight excluding hydrogens is 258 g/mol. The molecule has 0 unspecified atom stereocenters. The molecule has 0 atom stereocenters. The van der Waals surface area contributed by atoms with Gasteiger partial charge in [0.15, 0.2) is 0 Å². The van der Waals surface area contributed by atoms with Gasteiger partial charge >= 0.3 is 0 Å². The lowest BCUT2D eigenvalue weighted by Crippen LogP contribution is -2.27. The average Bonchev–Trinajstić information content (AvgIpc) is 2.26. The van der Waals surface area contributed by atoms with E-state index in [0.29, 0.717) is 10.4 Å². The molecule has 1 aliphatic heterocycles. The molecule has 3 nitrogen and oxygen atoms in total. The van der Waals surface area contributed by atoms with Gasteiger partial charge in [0.1, 0.15) is 0 Å². The zero-order valence-electron chi connectivity index (χ0n) is 8.49. The number of halogens is 1. The van der Waals surface area contributed by atoms with Crippen LogP contribution in [0.3, 0.4) is 0 Å². The van der Waals surface area contributed by atoms with Gasteiger partial charge in [-0.15, -0.1) is 0 Å². The molecule has 0 radical (unpaired) electrons. The second kappa shape index (κ2) is 4.94. The van der Waals surface area contributed by atoms with Gasteiger partial charge in [0, 0.05) is 26.0 Å². The van der Waals surface area contributed by atoms with E-state index < -0.39 is 0 Å². The van der Waals surface area contributed by atoms with Gasteiger partial charge in [-0.3, -0.25) is 4.79 Å². The first kappa shape index (κ1) is 10.9. The Bertz CT molecular complexity index is 382. The molecule has 1 aromatic rings. The number of hydrogen-bond donors (Lipinski definition) is 0. The normalized spacial score (nSPS) is 17.9. The van der Waals surface area contributed by atoms with Crippen molar-refractivity contribution in [3.63, 3.8) is 0 Å². The van der Waals surface area contributed by atoms with Crippen LogP contribution in [0.5, 0.6) is 0 Å². The first-order valence-electron chi connectivity index (χ1n) is 5.20. The number of hydrogen-bond acceptors (Lipinski definition) is 2. The number of ether oxygens (including phenoxy) is 1. The second-order valence-electron chi connectivity index (χ2n) is 3.87. The van der Waals surface area contributed by atoms with Crippen LogP contribution in [0.4, 0.5) is 0 Å². The fourth-order valence-corrected chi connectivity index (χ4v) is 2.24. The molecule has 1 fully saturated rings. The highest BCUT2D eigenvalue weighted by atomic mass is 79.9. The monoisotopic (exact) mass is 271 g/mol. The molecule has 0 bridgehead atoms. The Hall–Kier alpha value is -0.610. The van der Waals surface area contributed by atoms with Crippen LogP contribution in [0, 0.1) is 5.92 Å². The van der Waals surface area contributed by atoms with Crippen LogP contribution >= 0.6 is 15.9 Å². The summed E-state index contributed by atoms with van der Waals surface area (Å²) in [7, 11) is 0. The van der Waals surface area contributed by atoms with Gasteiger partial charge in [-0.2, -0.15) is 0 Å². The van der Waals surface area contributed by atoms with Crippen molar-refractivity contribution in [2.24, 2.45) is 5.92 Å². The lowest BCUT2D eigenvalue weighted by molar-refractivity contribution is 0.0609. The predicted molar refractivity (Wildman–Crippen MR) is 61.9 cm³/mol. The molecular formula is C11H14BrNO2. The summed E-state index contributed by atoms with van der Waals surface area (Å²) in [4.78, 5) is 11.7. The topological polar surface area (TPSA) is 31.2 Å². The van der Waals surface area contributed by atoms with Crippen LogP contribution in [0.1, 0.15) is 12.8 Å². The Morgan fingerprint density at radius 2 is 2.20 bits per heavy atom. The Balaban J connectivity index is 2.09. The smallest absolute Gasteiger partial charge is 0.264 e. The van der Waals surface area contributed by atoms with E-state index in [1.165, 1.54) is 0 Å². The van der Waals surface area contributed by atoms with E-state index in [-0.39, 0.29) is 5.56 Å². The fraction of sp³-hybridized carbons (Fsp3) is 0.545. The van der Waals surface area contributed by atoms with Crippen LogP contribution in [0.2, 0.25) is 0 Å². The van der Waals surface area contributed by atoms with E-state index >= 15 is 0 Å².